The highest BCUT2D eigenvalue weighted by molar-refractivity contribution is 5.91. The number of alkyl halides is 1. The van der Waals surface area contributed by atoms with E-state index in [2.05, 4.69) is 30.3 Å². The smallest absolute Gasteiger partial charge is 0.280 e. The lowest BCUT2D eigenvalue weighted by atomic mass is 10.1. The maximum atomic E-state index is 14.2. The lowest BCUT2D eigenvalue weighted by Gasteiger charge is -2.16. The lowest BCUT2D eigenvalue weighted by Crippen LogP contribution is -2.29. The van der Waals surface area contributed by atoms with Gasteiger partial charge in [0.25, 0.3) is 5.56 Å². The van der Waals surface area contributed by atoms with Crippen molar-refractivity contribution in [2.24, 2.45) is 11.0 Å². The summed E-state index contributed by atoms with van der Waals surface area (Å²) >= 11 is 0. The van der Waals surface area contributed by atoms with Crippen molar-refractivity contribution in [2.45, 2.75) is 38.5 Å². The average Bonchev–Trinajstić information content (AvgIpc) is 3.16. The van der Waals surface area contributed by atoms with E-state index in [0.717, 1.165) is 0 Å². The van der Waals surface area contributed by atoms with Crippen molar-refractivity contribution < 1.29 is 19.0 Å². The summed E-state index contributed by atoms with van der Waals surface area (Å²) < 4.78 is 20.9. The summed E-state index contributed by atoms with van der Waals surface area (Å²) in [7, 11) is 0. The molecule has 1 aliphatic heterocycles. The van der Waals surface area contributed by atoms with Crippen molar-refractivity contribution in [3.63, 3.8) is 0 Å². The van der Waals surface area contributed by atoms with Gasteiger partial charge in [-0.2, -0.15) is 4.98 Å². The van der Waals surface area contributed by atoms with Gasteiger partial charge in [0.2, 0.25) is 11.9 Å². The summed E-state index contributed by atoms with van der Waals surface area (Å²) in [6, 6.07) is 0. The molecule has 13 heteroatoms. The van der Waals surface area contributed by atoms with E-state index in [1.54, 1.807) is 13.8 Å². The van der Waals surface area contributed by atoms with Crippen molar-refractivity contribution in [3.8, 4) is 0 Å². The molecule has 0 spiro atoms. The number of nitrogens with zero attached hydrogens (tertiary/aromatic N) is 6. The molecule has 0 radical (unpaired) electrons. The molecule has 2 aromatic rings. The van der Waals surface area contributed by atoms with E-state index in [-0.39, 0.29) is 35.5 Å². The van der Waals surface area contributed by atoms with Crippen LogP contribution in [0.15, 0.2) is 16.2 Å². The Balaban J connectivity index is 1.97. The predicted octanol–water partition coefficient (Wildman–Crippen LogP) is 0.621. The summed E-state index contributed by atoms with van der Waals surface area (Å²) in [5, 5.41) is 15.9. The van der Waals surface area contributed by atoms with Gasteiger partial charge in [-0.05, 0) is 5.53 Å². The monoisotopic (exact) mass is 380 g/mol. The predicted molar refractivity (Wildman–Crippen MR) is 90.4 cm³/mol. The second-order valence-corrected chi connectivity index (χ2v) is 6.30. The van der Waals surface area contributed by atoms with Gasteiger partial charge in [0.15, 0.2) is 23.6 Å². The largest absolute Gasteiger partial charge is 0.385 e. The highest BCUT2D eigenvalue weighted by Crippen LogP contribution is 2.33. The van der Waals surface area contributed by atoms with Gasteiger partial charge in [-0.3, -0.25) is 24.5 Å². The zero-order valence-corrected chi connectivity index (χ0v) is 14.4. The molecular weight excluding hydrogens is 363 g/mol. The Kier molecular flexibility index (Phi) is 5.08. The van der Waals surface area contributed by atoms with Crippen molar-refractivity contribution >= 4 is 23.0 Å². The van der Waals surface area contributed by atoms with E-state index >= 15 is 0 Å². The number of rotatable bonds is 5. The number of imidazole rings is 1. The Labute approximate surface area is 151 Å². The molecule has 1 amide bonds. The number of aromatic nitrogens is 4. The molecular formula is C14H17FN8O4. The third-order valence-corrected chi connectivity index (χ3v) is 4.09. The summed E-state index contributed by atoms with van der Waals surface area (Å²) in [5.41, 5.74) is 7.68. The number of ether oxygens (including phenoxy) is 1. The molecule has 12 nitrogen and oxygen atoms in total. The van der Waals surface area contributed by atoms with Gasteiger partial charge in [-0.15, -0.1) is 0 Å². The third-order valence-electron chi connectivity index (χ3n) is 4.09. The first-order valence-electron chi connectivity index (χ1n) is 8.09. The molecule has 0 aromatic carbocycles. The fourth-order valence-corrected chi connectivity index (χ4v) is 2.64. The Bertz CT molecular complexity index is 966. The molecule has 3 rings (SSSR count). The van der Waals surface area contributed by atoms with Gasteiger partial charge in [0, 0.05) is 10.8 Å². The molecule has 4 atom stereocenters. The normalized spacial score (nSPS) is 24.9. The summed E-state index contributed by atoms with van der Waals surface area (Å²) in [6.07, 6.45) is -4.60. The standard InChI is InChI=1S/C14H17FN8O4/c1-5(2)11(25)20-14-19-10-8(12(26)21-14)17-4-23(10)13-9(24)7(15)6(27-13)3-18-22-16/h4-7,9,13,24H,3H2,1-2H3,(H2,19,20,21,25,26). The van der Waals surface area contributed by atoms with E-state index in [1.165, 1.54) is 10.9 Å². The quantitative estimate of drug-likeness (QED) is 0.390. The lowest BCUT2D eigenvalue weighted by molar-refractivity contribution is -0.118. The van der Waals surface area contributed by atoms with E-state index in [9.17, 15) is 19.1 Å². The Morgan fingerprint density at radius 3 is 3.04 bits per heavy atom. The molecule has 3 N–H and O–H groups in total. The highest BCUT2D eigenvalue weighted by Gasteiger charge is 2.45. The molecule has 1 fully saturated rings. The molecule has 0 aliphatic carbocycles. The fraction of sp³-hybridized carbons (Fsp3) is 0.571. The van der Waals surface area contributed by atoms with Gasteiger partial charge in [0.1, 0.15) is 6.10 Å². The number of carbonyl (C=O) groups is 1. The number of H-pyrrole nitrogens is 1. The number of azide groups is 1. The Morgan fingerprint density at radius 1 is 1.63 bits per heavy atom. The van der Waals surface area contributed by atoms with Crippen LogP contribution in [0.3, 0.4) is 0 Å². The van der Waals surface area contributed by atoms with Crippen LogP contribution < -0.4 is 10.9 Å². The van der Waals surface area contributed by atoms with E-state index in [4.69, 9.17) is 10.3 Å². The molecule has 2 aromatic heterocycles. The third kappa shape index (κ3) is 3.47. The minimum Gasteiger partial charge on any atom is -0.385 e. The number of carbonyl (C=O) groups excluding carboxylic acids is 1. The number of nitrogens with one attached hydrogen (secondary N) is 2. The number of aromatic amines is 1. The molecule has 4 unspecified atom stereocenters. The first-order valence-corrected chi connectivity index (χ1v) is 8.09. The first-order chi connectivity index (χ1) is 12.8. The van der Waals surface area contributed by atoms with Crippen LogP contribution in [0.2, 0.25) is 0 Å². The molecule has 144 valence electrons. The number of anilines is 1. The highest BCUT2D eigenvalue weighted by atomic mass is 19.1. The van der Waals surface area contributed by atoms with Gasteiger partial charge in [0.05, 0.1) is 19.0 Å². The van der Waals surface area contributed by atoms with Crippen LogP contribution in [-0.4, -0.2) is 55.5 Å². The minimum atomic E-state index is -1.81. The maximum Gasteiger partial charge on any atom is 0.280 e. The second kappa shape index (κ2) is 7.31. The van der Waals surface area contributed by atoms with Crippen LogP contribution in [0, 0.1) is 5.92 Å². The van der Waals surface area contributed by atoms with Crippen LogP contribution in [0.1, 0.15) is 20.1 Å². The SMILES string of the molecule is CC(C)C(=O)Nc1nc2c(ncn2C2OC(CN=[N+]=[N-])C(F)C2O)c(=O)[nH]1. The summed E-state index contributed by atoms with van der Waals surface area (Å²) in [6.45, 7) is 3.04. The van der Waals surface area contributed by atoms with Gasteiger partial charge in [-0.25, -0.2) is 9.37 Å². The van der Waals surface area contributed by atoms with Crippen molar-refractivity contribution in [3.05, 3.63) is 27.1 Å². The first kappa shape index (κ1) is 18.8. The molecule has 1 aliphatic rings. The summed E-state index contributed by atoms with van der Waals surface area (Å²) in [5.74, 6) is -0.813. The molecule has 27 heavy (non-hydrogen) atoms. The van der Waals surface area contributed by atoms with Crippen molar-refractivity contribution in [1.82, 2.24) is 19.5 Å². The number of halogens is 1. The maximum absolute atomic E-state index is 14.2. The Hall–Kier alpha value is -3.02. The van der Waals surface area contributed by atoms with Gasteiger partial charge in [-0.1, -0.05) is 19.0 Å². The van der Waals surface area contributed by atoms with Crippen LogP contribution in [0.25, 0.3) is 21.6 Å². The van der Waals surface area contributed by atoms with Crippen LogP contribution in [0.5, 0.6) is 0 Å². The number of aliphatic hydroxyl groups is 1. The van der Waals surface area contributed by atoms with Crippen molar-refractivity contribution in [1.29, 1.82) is 0 Å². The van der Waals surface area contributed by atoms with E-state index in [1.807, 2.05) is 0 Å². The van der Waals surface area contributed by atoms with Gasteiger partial charge < -0.3 is 9.84 Å². The van der Waals surface area contributed by atoms with Crippen LogP contribution in [0.4, 0.5) is 10.3 Å². The average molecular weight is 380 g/mol. The number of amides is 1. The second-order valence-electron chi connectivity index (χ2n) is 6.30. The van der Waals surface area contributed by atoms with E-state index in [0.29, 0.717) is 0 Å². The number of aliphatic hydroxyl groups excluding tert-OH is 1. The van der Waals surface area contributed by atoms with Crippen molar-refractivity contribution in [2.75, 3.05) is 11.9 Å². The molecule has 0 saturated carbocycles. The zero-order chi connectivity index (χ0) is 19.7. The van der Waals surface area contributed by atoms with Crippen LogP contribution in [-0.2, 0) is 9.53 Å². The van der Waals surface area contributed by atoms with Crippen LogP contribution >= 0.6 is 0 Å². The topological polar surface area (TPSA) is 171 Å². The Morgan fingerprint density at radius 2 is 2.37 bits per heavy atom. The molecule has 3 heterocycles. The van der Waals surface area contributed by atoms with Gasteiger partial charge >= 0.3 is 0 Å². The minimum absolute atomic E-state index is 0.00140. The number of fused-ring (bicyclic) bond motifs is 1. The van der Waals surface area contributed by atoms with E-state index < -0.39 is 30.2 Å². The fourth-order valence-electron chi connectivity index (χ4n) is 2.64. The summed E-state index contributed by atoms with van der Waals surface area (Å²) in [4.78, 5) is 37.0. The zero-order valence-electron chi connectivity index (χ0n) is 14.4. The number of hydrogen-bond donors (Lipinski definition) is 3. The molecule has 1 saturated heterocycles. The number of hydrogen-bond acceptors (Lipinski definition) is 7. The molecule has 0 bridgehead atoms.